The molecule has 1 atom stereocenters. The third kappa shape index (κ3) is 3.54. The van der Waals surface area contributed by atoms with E-state index in [4.69, 9.17) is 0 Å². The molecule has 142 valence electrons. The zero-order chi connectivity index (χ0) is 19.8. The van der Waals surface area contributed by atoms with Gasteiger partial charge in [-0.1, -0.05) is 18.2 Å². The molecule has 2 amide bonds. The average molecular weight is 376 g/mol. The molecule has 1 heterocycles. The normalized spacial score (nSPS) is 18.4. The van der Waals surface area contributed by atoms with E-state index in [0.29, 0.717) is 13.0 Å². The van der Waals surface area contributed by atoms with Gasteiger partial charge in [0, 0.05) is 18.0 Å². The van der Waals surface area contributed by atoms with Gasteiger partial charge in [-0.2, -0.15) is 0 Å². The van der Waals surface area contributed by atoms with Crippen LogP contribution in [0, 0.1) is 17.5 Å². The van der Waals surface area contributed by atoms with Crippen LogP contribution in [-0.4, -0.2) is 28.8 Å². The highest BCUT2D eigenvalue weighted by Crippen LogP contribution is 2.42. The molecule has 0 saturated carbocycles. The number of nitrogens with one attached hydrogen (secondary N) is 1. The molecule has 27 heavy (non-hydrogen) atoms. The van der Waals surface area contributed by atoms with Crippen molar-refractivity contribution in [1.29, 1.82) is 0 Å². The van der Waals surface area contributed by atoms with Crippen LogP contribution in [0.15, 0.2) is 42.5 Å². The van der Waals surface area contributed by atoms with Gasteiger partial charge < -0.3 is 10.2 Å². The number of nitrogens with zero attached hydrogens (tertiary/aromatic N) is 1. The van der Waals surface area contributed by atoms with Crippen LogP contribution in [0.4, 0.5) is 18.9 Å². The molecule has 1 fully saturated rings. The summed E-state index contributed by atoms with van der Waals surface area (Å²) >= 11 is 0. The predicted octanol–water partition coefficient (Wildman–Crippen LogP) is 3.84. The maximum atomic E-state index is 13.7. The fourth-order valence-corrected chi connectivity index (χ4v) is 3.65. The second-order valence-corrected chi connectivity index (χ2v) is 7.06. The average Bonchev–Trinajstić information content (AvgIpc) is 2.93. The summed E-state index contributed by atoms with van der Waals surface area (Å²) in [6.07, 6.45) is 0.559. The first-order valence-corrected chi connectivity index (χ1v) is 8.54. The zero-order valence-electron chi connectivity index (χ0n) is 14.9. The number of halogens is 3. The van der Waals surface area contributed by atoms with E-state index in [-0.39, 0.29) is 11.7 Å². The Bertz CT molecular complexity index is 899. The molecule has 3 rings (SSSR count). The van der Waals surface area contributed by atoms with Crippen molar-refractivity contribution in [3.8, 4) is 0 Å². The van der Waals surface area contributed by atoms with Crippen molar-refractivity contribution in [2.75, 3.05) is 11.9 Å². The number of hydrogen-bond donors (Lipinski definition) is 1. The van der Waals surface area contributed by atoms with Crippen molar-refractivity contribution >= 4 is 17.5 Å². The first kappa shape index (κ1) is 18.9. The summed E-state index contributed by atoms with van der Waals surface area (Å²) in [6.45, 7) is 3.89. The van der Waals surface area contributed by atoms with Gasteiger partial charge in [-0.05, 0) is 50.1 Å². The molecule has 1 aliphatic heterocycles. The van der Waals surface area contributed by atoms with E-state index in [0.717, 1.165) is 11.6 Å². The molecule has 0 spiro atoms. The maximum Gasteiger partial charge on any atom is 0.314 e. The Hall–Kier alpha value is -2.83. The Kier molecular flexibility index (Phi) is 4.95. The van der Waals surface area contributed by atoms with Crippen LogP contribution < -0.4 is 5.32 Å². The Morgan fingerprint density at radius 2 is 1.81 bits per heavy atom. The third-order valence-corrected chi connectivity index (χ3v) is 5.08. The summed E-state index contributed by atoms with van der Waals surface area (Å²) in [6, 6.07) is 9.47. The van der Waals surface area contributed by atoms with E-state index in [1.54, 1.807) is 26.0 Å². The minimum absolute atomic E-state index is 0.157. The smallest absolute Gasteiger partial charge is 0.314 e. The van der Waals surface area contributed by atoms with Crippen LogP contribution in [0.5, 0.6) is 0 Å². The number of likely N-dealkylation sites (tertiary alicyclic amines) is 1. The molecule has 1 saturated heterocycles. The van der Waals surface area contributed by atoms with Crippen LogP contribution >= 0.6 is 0 Å². The molecule has 0 aliphatic carbocycles. The van der Waals surface area contributed by atoms with Crippen LogP contribution in [-0.2, 0) is 9.59 Å². The SMILES string of the molecule is CC1(C)C(c2cccc(F)c2)CCN1C(=O)C(=O)Nc1cccc(F)c1F. The van der Waals surface area contributed by atoms with Gasteiger partial charge in [-0.3, -0.25) is 9.59 Å². The van der Waals surface area contributed by atoms with Crippen LogP contribution in [0.1, 0.15) is 31.7 Å². The minimum atomic E-state index is -1.23. The molecule has 1 aliphatic rings. The molecule has 1 unspecified atom stereocenters. The summed E-state index contributed by atoms with van der Waals surface area (Å²) in [5, 5.41) is 2.12. The highest BCUT2D eigenvalue weighted by Gasteiger charge is 2.46. The number of benzene rings is 2. The lowest BCUT2D eigenvalue weighted by atomic mass is 9.82. The highest BCUT2D eigenvalue weighted by atomic mass is 19.2. The first-order chi connectivity index (χ1) is 12.7. The van der Waals surface area contributed by atoms with E-state index in [1.807, 2.05) is 0 Å². The van der Waals surface area contributed by atoms with Gasteiger partial charge in [0.15, 0.2) is 11.6 Å². The van der Waals surface area contributed by atoms with Crippen molar-refractivity contribution in [3.63, 3.8) is 0 Å². The monoisotopic (exact) mass is 376 g/mol. The van der Waals surface area contributed by atoms with Gasteiger partial charge >= 0.3 is 11.8 Å². The van der Waals surface area contributed by atoms with Crippen LogP contribution in [0.2, 0.25) is 0 Å². The number of carbonyl (C=O) groups excluding carboxylic acids is 2. The van der Waals surface area contributed by atoms with Gasteiger partial charge in [-0.15, -0.1) is 0 Å². The molecule has 2 aromatic carbocycles. The fourth-order valence-electron chi connectivity index (χ4n) is 3.65. The number of carbonyl (C=O) groups is 2. The lowest BCUT2D eigenvalue weighted by Crippen LogP contribution is -2.49. The summed E-state index contributed by atoms with van der Waals surface area (Å²) in [5.41, 5.74) is -0.401. The number of amides is 2. The van der Waals surface area contributed by atoms with Gasteiger partial charge in [-0.25, -0.2) is 13.2 Å². The van der Waals surface area contributed by atoms with Crippen molar-refractivity contribution in [3.05, 3.63) is 65.5 Å². The fraction of sp³-hybridized carbons (Fsp3) is 0.300. The Morgan fingerprint density at radius 3 is 2.52 bits per heavy atom. The maximum absolute atomic E-state index is 13.7. The molecule has 4 nitrogen and oxygen atoms in total. The first-order valence-electron chi connectivity index (χ1n) is 8.54. The van der Waals surface area contributed by atoms with Crippen molar-refractivity contribution in [1.82, 2.24) is 4.90 Å². The quantitative estimate of drug-likeness (QED) is 0.810. The number of anilines is 1. The van der Waals surface area contributed by atoms with Gasteiger partial charge in [0.1, 0.15) is 5.82 Å². The zero-order valence-corrected chi connectivity index (χ0v) is 14.9. The molecular formula is C20H19F3N2O2. The largest absolute Gasteiger partial charge is 0.329 e. The molecule has 0 bridgehead atoms. The Balaban J connectivity index is 1.78. The highest BCUT2D eigenvalue weighted by molar-refractivity contribution is 6.39. The van der Waals surface area contributed by atoms with Crippen LogP contribution in [0.25, 0.3) is 0 Å². The molecular weight excluding hydrogens is 357 g/mol. The topological polar surface area (TPSA) is 49.4 Å². The lowest BCUT2D eigenvalue weighted by Gasteiger charge is -2.35. The molecule has 2 aromatic rings. The van der Waals surface area contributed by atoms with E-state index in [2.05, 4.69) is 5.32 Å². The van der Waals surface area contributed by atoms with E-state index < -0.39 is 34.7 Å². The minimum Gasteiger partial charge on any atom is -0.329 e. The summed E-state index contributed by atoms with van der Waals surface area (Å²) in [7, 11) is 0. The van der Waals surface area contributed by atoms with Crippen molar-refractivity contribution in [2.45, 2.75) is 31.7 Å². The number of hydrogen-bond acceptors (Lipinski definition) is 2. The summed E-state index contributed by atoms with van der Waals surface area (Å²) < 4.78 is 40.6. The molecule has 7 heteroatoms. The second-order valence-electron chi connectivity index (χ2n) is 7.06. The Morgan fingerprint density at radius 1 is 1.11 bits per heavy atom. The summed E-state index contributed by atoms with van der Waals surface area (Å²) in [4.78, 5) is 26.3. The van der Waals surface area contributed by atoms with E-state index in [1.165, 1.54) is 29.2 Å². The molecule has 0 radical (unpaired) electrons. The number of rotatable bonds is 2. The van der Waals surface area contributed by atoms with E-state index >= 15 is 0 Å². The summed E-state index contributed by atoms with van der Waals surface area (Å²) in [5.74, 6) is -4.76. The van der Waals surface area contributed by atoms with E-state index in [9.17, 15) is 22.8 Å². The van der Waals surface area contributed by atoms with Gasteiger partial charge in [0.25, 0.3) is 0 Å². The van der Waals surface area contributed by atoms with Crippen LogP contribution in [0.3, 0.4) is 0 Å². The standard InChI is InChI=1S/C20H19F3N2O2/c1-20(2)14(12-5-3-6-13(21)11-12)9-10-25(20)19(27)18(26)24-16-8-4-7-15(22)17(16)23/h3-8,11,14H,9-10H2,1-2H3,(H,24,26). The Labute approximate surface area is 155 Å². The van der Waals surface area contributed by atoms with Crippen molar-refractivity contribution < 1.29 is 22.8 Å². The third-order valence-electron chi connectivity index (χ3n) is 5.08. The second kappa shape index (κ2) is 7.06. The predicted molar refractivity (Wildman–Crippen MR) is 94.5 cm³/mol. The van der Waals surface area contributed by atoms with Gasteiger partial charge in [0.2, 0.25) is 0 Å². The molecule has 0 aromatic heterocycles. The van der Waals surface area contributed by atoms with Crippen molar-refractivity contribution in [2.24, 2.45) is 0 Å². The van der Waals surface area contributed by atoms with Gasteiger partial charge in [0.05, 0.1) is 5.69 Å². The lowest BCUT2D eigenvalue weighted by molar-refractivity contribution is -0.145. The molecule has 1 N–H and O–H groups in total.